The first kappa shape index (κ1) is 47.8. The predicted molar refractivity (Wildman–Crippen MR) is 292 cm³/mol. The smallest absolute Gasteiger partial charge is 0.334 e. The van der Waals surface area contributed by atoms with Crippen molar-refractivity contribution in [2.75, 3.05) is 4.90 Å². The molecule has 0 amide bonds. The second-order valence-electron chi connectivity index (χ2n) is 19.8. The number of carboxylic acid groups (broad SMARTS) is 1. The zero-order chi connectivity index (χ0) is 48.1. The molecular weight excluding hydrogens is 861 g/mol. The van der Waals surface area contributed by atoms with Gasteiger partial charge in [0.25, 0.3) is 5.70 Å². The van der Waals surface area contributed by atoms with Crippen LogP contribution in [-0.2, 0) is 15.6 Å². The van der Waals surface area contributed by atoms with Crippen LogP contribution in [0.25, 0.3) is 43.6 Å². The lowest BCUT2D eigenvalue weighted by atomic mass is 9.70. The maximum absolute atomic E-state index is 11.8. The molecule has 1 aromatic heterocycles. The minimum absolute atomic E-state index is 0.0196. The highest BCUT2D eigenvalue weighted by molar-refractivity contribution is 7.16. The normalized spacial score (nSPS) is 15.9. The molecule has 0 spiro atoms. The van der Waals surface area contributed by atoms with Crippen LogP contribution >= 0.6 is 11.3 Å². The highest BCUT2D eigenvalue weighted by Crippen LogP contribution is 2.58. The number of carbonyl (C=O) groups is 1. The fraction of sp³-hybridized carbons (Fsp3) is 0.344. The van der Waals surface area contributed by atoms with Crippen molar-refractivity contribution in [2.24, 2.45) is 0 Å². The van der Waals surface area contributed by atoms with Gasteiger partial charge in [-0.1, -0.05) is 164 Å². The van der Waals surface area contributed by atoms with Gasteiger partial charge in [0.1, 0.15) is 0 Å². The van der Waals surface area contributed by atoms with Crippen LogP contribution in [0.15, 0.2) is 150 Å². The van der Waals surface area contributed by atoms with Gasteiger partial charge in [-0.2, -0.15) is 0 Å². The number of benzene rings is 5. The Balaban J connectivity index is 1.15. The van der Waals surface area contributed by atoms with E-state index in [0.29, 0.717) is 12.0 Å². The van der Waals surface area contributed by atoms with Gasteiger partial charge < -0.3 is 10.0 Å². The number of thiophene rings is 1. The second kappa shape index (κ2) is 20.8. The number of allylic oxidation sites excluding steroid dienone is 4. The van der Waals surface area contributed by atoms with E-state index in [1.165, 1.54) is 118 Å². The molecule has 4 nitrogen and oxygen atoms in total. The molecule has 6 aromatic rings. The molecule has 0 aliphatic heterocycles. The van der Waals surface area contributed by atoms with Gasteiger partial charge in [-0.3, -0.25) is 4.79 Å². The molecule has 1 heterocycles. The van der Waals surface area contributed by atoms with Gasteiger partial charge >= 0.3 is 5.97 Å². The maximum Gasteiger partial charge on any atom is 0.334 e. The van der Waals surface area contributed by atoms with Gasteiger partial charge in [-0.15, -0.1) is 11.3 Å². The van der Waals surface area contributed by atoms with Crippen molar-refractivity contribution in [3.8, 4) is 32.7 Å². The lowest BCUT2D eigenvalue weighted by Crippen LogP contribution is -2.26. The maximum atomic E-state index is 11.8. The summed E-state index contributed by atoms with van der Waals surface area (Å²) in [6, 6.07) is 46.9. The van der Waals surface area contributed by atoms with E-state index in [1.807, 2.05) is 6.92 Å². The van der Waals surface area contributed by atoms with Crippen molar-refractivity contribution < 1.29 is 9.90 Å². The minimum Gasteiger partial charge on any atom is -0.486 e. The van der Waals surface area contributed by atoms with Crippen molar-refractivity contribution in [3.05, 3.63) is 188 Å². The van der Waals surface area contributed by atoms with E-state index in [9.17, 15) is 9.90 Å². The molecule has 9 rings (SSSR count). The molecule has 1 N–H and O–H groups in total. The number of hydrogen-bond donors (Lipinski definition) is 1. The van der Waals surface area contributed by atoms with Crippen LogP contribution in [0.2, 0.25) is 0 Å². The van der Waals surface area contributed by atoms with E-state index >= 15 is 0 Å². The highest BCUT2D eigenvalue weighted by Gasteiger charge is 2.44. The Kier molecular flexibility index (Phi) is 14.4. The molecule has 0 saturated carbocycles. The Bertz CT molecular complexity index is 2860. The number of nitrogens with zero attached hydrogens (tertiary/aromatic N) is 2. The number of hydrogen-bond acceptors (Lipinski definition) is 3. The van der Waals surface area contributed by atoms with Crippen LogP contribution < -0.4 is 4.90 Å². The first-order valence-corrected chi connectivity index (χ1v) is 26.7. The molecule has 69 heavy (non-hydrogen) atoms. The molecule has 5 heteroatoms. The van der Waals surface area contributed by atoms with Crippen molar-refractivity contribution in [3.63, 3.8) is 0 Å². The topological polar surface area (TPSA) is 44.9 Å². The Morgan fingerprint density at radius 3 is 1.61 bits per heavy atom. The lowest BCUT2D eigenvalue weighted by molar-refractivity contribution is -0.132. The van der Waals surface area contributed by atoms with E-state index in [1.54, 1.807) is 11.3 Å². The zero-order valence-electron chi connectivity index (χ0n) is 41.5. The number of carboxylic acids is 1. The standard InChI is InChI=1S/C64H68N2O2S/c1-7-11-38-63(39-12-8-2)56-24-17-15-21-52(56)54-35-31-48(42-58(54)63)66(49-32-36-55-53-22-16-18-25-57(53)64(40-13-9-3,41-14-10-4)59(55)43-49)47-29-26-46(27-30-47)60-37-34-50(69-60)33-28-45-20-19-23-51(44(45)5)61(65-6)62(67)68/h15-18,21-22,24-37,42-43H,7-14,19-20,23,38-41H2,1-5H3,(H,67,68). The quantitative estimate of drug-likeness (QED) is 0.0650. The third-order valence-corrected chi connectivity index (χ3v) is 16.8. The summed E-state index contributed by atoms with van der Waals surface area (Å²) in [7, 11) is 0. The van der Waals surface area contributed by atoms with Crippen LogP contribution in [0.5, 0.6) is 0 Å². The van der Waals surface area contributed by atoms with Gasteiger partial charge in [-0.05, 0) is 168 Å². The average Bonchev–Trinajstić information content (AvgIpc) is 4.04. The monoisotopic (exact) mass is 929 g/mol. The summed E-state index contributed by atoms with van der Waals surface area (Å²) in [6.07, 6.45) is 20.7. The van der Waals surface area contributed by atoms with Gasteiger partial charge in [0.05, 0.1) is 6.57 Å². The van der Waals surface area contributed by atoms with Crippen LogP contribution in [0.4, 0.5) is 17.1 Å². The number of aliphatic carboxylic acids is 1. The first-order valence-electron chi connectivity index (χ1n) is 25.9. The molecule has 352 valence electrons. The summed E-state index contributed by atoms with van der Waals surface area (Å²) in [4.78, 5) is 20.1. The van der Waals surface area contributed by atoms with Crippen LogP contribution in [0, 0.1) is 6.57 Å². The van der Waals surface area contributed by atoms with E-state index in [4.69, 9.17) is 6.57 Å². The number of unbranched alkanes of at least 4 members (excludes halogenated alkanes) is 4. The number of anilines is 3. The first-order chi connectivity index (χ1) is 33.7. The minimum atomic E-state index is -1.14. The third kappa shape index (κ3) is 8.87. The van der Waals surface area contributed by atoms with Gasteiger partial charge in [0.2, 0.25) is 0 Å². The molecule has 0 fully saturated rings. The summed E-state index contributed by atoms with van der Waals surface area (Å²) in [5.41, 5.74) is 18.8. The fourth-order valence-electron chi connectivity index (χ4n) is 12.2. The summed E-state index contributed by atoms with van der Waals surface area (Å²) < 4.78 is 0. The van der Waals surface area contributed by atoms with Crippen LogP contribution in [0.1, 0.15) is 158 Å². The Labute approximate surface area is 416 Å². The molecular formula is C64H68N2O2S. The van der Waals surface area contributed by atoms with Crippen molar-refractivity contribution in [2.45, 2.75) is 142 Å². The molecule has 5 aromatic carbocycles. The van der Waals surface area contributed by atoms with Gasteiger partial charge in [-0.25, -0.2) is 4.85 Å². The van der Waals surface area contributed by atoms with Crippen molar-refractivity contribution >= 4 is 40.4 Å². The Morgan fingerprint density at radius 1 is 0.623 bits per heavy atom. The van der Waals surface area contributed by atoms with Crippen molar-refractivity contribution in [1.29, 1.82) is 0 Å². The summed E-state index contributed by atoms with van der Waals surface area (Å²) in [5, 5.41) is 9.67. The number of fused-ring (bicyclic) bond motifs is 6. The molecule has 0 radical (unpaired) electrons. The summed E-state index contributed by atoms with van der Waals surface area (Å²) in [5.74, 6) is -1.14. The SMILES string of the molecule is [C-]#[N+]C(C(=O)O)=C1CCCC(C=Cc2ccc(-c3ccc(N(c4ccc5c(c4)C(CCCC)(CCCC)c4ccccc4-5)c4ccc5c(c4)C(CCCC)(CCCC)c4ccccc4-5)cc3)s2)=C1C. The Morgan fingerprint density at radius 2 is 1.12 bits per heavy atom. The van der Waals surface area contributed by atoms with E-state index in [2.05, 4.69) is 171 Å². The van der Waals surface area contributed by atoms with E-state index < -0.39 is 5.97 Å². The van der Waals surface area contributed by atoms with E-state index in [0.717, 1.165) is 60.2 Å². The molecule has 0 saturated heterocycles. The highest BCUT2D eigenvalue weighted by atomic mass is 32.1. The predicted octanol–water partition coefficient (Wildman–Crippen LogP) is 19.0. The molecule has 3 aliphatic carbocycles. The summed E-state index contributed by atoms with van der Waals surface area (Å²) >= 11 is 1.76. The summed E-state index contributed by atoms with van der Waals surface area (Å²) in [6.45, 7) is 18.8. The fourth-order valence-corrected chi connectivity index (χ4v) is 13.1. The third-order valence-electron chi connectivity index (χ3n) is 15.7. The zero-order valence-corrected chi connectivity index (χ0v) is 42.3. The Hall–Kier alpha value is -6.22. The number of rotatable bonds is 19. The molecule has 3 aliphatic rings. The average molecular weight is 929 g/mol. The second-order valence-corrected chi connectivity index (χ2v) is 20.9. The molecule has 0 bridgehead atoms. The van der Waals surface area contributed by atoms with Crippen LogP contribution in [0.3, 0.4) is 0 Å². The largest absolute Gasteiger partial charge is 0.486 e. The van der Waals surface area contributed by atoms with Gasteiger partial charge in [0, 0.05) is 37.6 Å². The van der Waals surface area contributed by atoms with E-state index in [-0.39, 0.29) is 16.5 Å². The van der Waals surface area contributed by atoms with Gasteiger partial charge in [0.15, 0.2) is 0 Å². The molecule has 0 unspecified atom stereocenters. The lowest BCUT2D eigenvalue weighted by Gasteiger charge is -2.35. The van der Waals surface area contributed by atoms with Crippen LogP contribution in [-0.4, -0.2) is 11.1 Å². The molecule has 0 atom stereocenters. The van der Waals surface area contributed by atoms with Crippen molar-refractivity contribution in [1.82, 2.24) is 0 Å².